The number of nitrogens with one attached hydrogen (secondary N) is 1. The van der Waals surface area contributed by atoms with Crippen molar-refractivity contribution in [1.82, 2.24) is 5.43 Å². The number of ether oxygens (including phenoxy) is 1. The quantitative estimate of drug-likeness (QED) is 0.476. The number of hydrazone groups is 1. The molecule has 0 aliphatic heterocycles. The molecule has 25 heavy (non-hydrogen) atoms. The van der Waals surface area contributed by atoms with Gasteiger partial charge in [0.05, 0.1) is 4.92 Å². The first kappa shape index (κ1) is 17.9. The Morgan fingerprint density at radius 3 is 2.64 bits per heavy atom. The Kier molecular flexibility index (Phi) is 6.41. The zero-order valence-corrected chi connectivity index (χ0v) is 13.6. The number of rotatable bonds is 7. The summed E-state index contributed by atoms with van der Waals surface area (Å²) in [5, 5.41) is 14.3. The molecule has 0 aliphatic carbocycles. The molecule has 0 saturated heterocycles. The highest BCUT2D eigenvalue weighted by Gasteiger charge is 2.03. The van der Waals surface area contributed by atoms with Crippen molar-refractivity contribution in [3.05, 3.63) is 75.8 Å². The number of hydrogen-bond donors (Lipinski definition) is 1. The van der Waals surface area contributed by atoms with Gasteiger partial charge >= 0.3 is 0 Å². The van der Waals surface area contributed by atoms with Crippen molar-refractivity contribution in [2.45, 2.75) is 6.92 Å². The Balaban J connectivity index is 1.75. The van der Waals surface area contributed by atoms with E-state index in [4.69, 9.17) is 4.74 Å². The van der Waals surface area contributed by atoms with Crippen LogP contribution in [0.25, 0.3) is 6.08 Å². The molecule has 0 heterocycles. The number of hydrogen-bond acceptors (Lipinski definition) is 5. The number of nitro groups is 1. The zero-order chi connectivity index (χ0) is 18.1. The lowest BCUT2D eigenvalue weighted by molar-refractivity contribution is -0.384. The molecule has 0 unspecified atom stereocenters. The summed E-state index contributed by atoms with van der Waals surface area (Å²) in [6, 6.07) is 13.5. The summed E-state index contributed by atoms with van der Waals surface area (Å²) in [4.78, 5) is 21.7. The van der Waals surface area contributed by atoms with Crippen LogP contribution < -0.4 is 10.2 Å². The maximum absolute atomic E-state index is 11.6. The lowest BCUT2D eigenvalue weighted by atomic mass is 10.2. The van der Waals surface area contributed by atoms with Gasteiger partial charge in [-0.15, -0.1) is 0 Å². The number of nitro benzene ring substituents is 1. The van der Waals surface area contributed by atoms with E-state index in [0.717, 1.165) is 11.1 Å². The average Bonchev–Trinajstić information content (AvgIpc) is 2.61. The van der Waals surface area contributed by atoms with Crippen LogP contribution in [0.3, 0.4) is 0 Å². The Hall–Kier alpha value is -3.48. The van der Waals surface area contributed by atoms with Crippen LogP contribution in [0.5, 0.6) is 5.75 Å². The monoisotopic (exact) mass is 339 g/mol. The summed E-state index contributed by atoms with van der Waals surface area (Å²) in [6.07, 6.45) is 4.74. The smallest absolute Gasteiger partial charge is 0.277 e. The van der Waals surface area contributed by atoms with Gasteiger partial charge in [-0.05, 0) is 42.3 Å². The molecule has 0 spiro atoms. The van der Waals surface area contributed by atoms with Gasteiger partial charge in [0.15, 0.2) is 6.61 Å². The van der Waals surface area contributed by atoms with Crippen LogP contribution in [0.15, 0.2) is 59.7 Å². The van der Waals surface area contributed by atoms with Gasteiger partial charge in [0, 0.05) is 18.3 Å². The number of carbonyl (C=O) groups excluding carboxylic acids is 1. The molecule has 0 aliphatic rings. The van der Waals surface area contributed by atoms with E-state index in [0.29, 0.717) is 5.75 Å². The number of aryl methyl sites for hydroxylation is 1. The van der Waals surface area contributed by atoms with Crippen LogP contribution in [0.4, 0.5) is 5.69 Å². The molecule has 0 saturated carbocycles. The molecule has 1 N–H and O–H groups in total. The molecule has 0 aromatic heterocycles. The predicted octanol–water partition coefficient (Wildman–Crippen LogP) is 3.10. The molecule has 2 aromatic rings. The molecule has 1 amide bonds. The first-order valence-electron chi connectivity index (χ1n) is 7.48. The maximum Gasteiger partial charge on any atom is 0.277 e. The Labute approximate surface area is 144 Å². The van der Waals surface area contributed by atoms with E-state index in [-0.39, 0.29) is 18.2 Å². The normalized spacial score (nSPS) is 10.9. The second kappa shape index (κ2) is 8.97. The summed E-state index contributed by atoms with van der Waals surface area (Å²) in [7, 11) is 0. The number of amides is 1. The van der Waals surface area contributed by atoms with E-state index in [1.165, 1.54) is 18.3 Å². The second-order valence-electron chi connectivity index (χ2n) is 5.08. The van der Waals surface area contributed by atoms with E-state index in [1.54, 1.807) is 30.4 Å². The second-order valence-corrected chi connectivity index (χ2v) is 5.08. The van der Waals surface area contributed by atoms with Gasteiger partial charge in [0.2, 0.25) is 0 Å². The molecule has 0 bridgehead atoms. The number of non-ortho nitro benzene ring substituents is 1. The van der Waals surface area contributed by atoms with Crippen molar-refractivity contribution in [3.8, 4) is 5.75 Å². The van der Waals surface area contributed by atoms with E-state index >= 15 is 0 Å². The highest BCUT2D eigenvalue weighted by molar-refractivity contribution is 5.82. The van der Waals surface area contributed by atoms with Crippen LogP contribution in [0.1, 0.15) is 11.1 Å². The minimum Gasteiger partial charge on any atom is -0.483 e. The molecule has 0 fully saturated rings. The molecule has 7 nitrogen and oxygen atoms in total. The number of carbonyl (C=O) groups is 1. The summed E-state index contributed by atoms with van der Waals surface area (Å²) >= 11 is 0. The third-order valence-corrected chi connectivity index (χ3v) is 3.19. The highest BCUT2D eigenvalue weighted by atomic mass is 16.6. The van der Waals surface area contributed by atoms with E-state index in [2.05, 4.69) is 10.5 Å². The lowest BCUT2D eigenvalue weighted by Gasteiger charge is -2.07. The molecule has 0 atom stereocenters. The van der Waals surface area contributed by atoms with Crippen molar-refractivity contribution >= 4 is 23.9 Å². The maximum atomic E-state index is 11.6. The molecule has 0 radical (unpaired) electrons. The zero-order valence-electron chi connectivity index (χ0n) is 13.6. The predicted molar refractivity (Wildman–Crippen MR) is 95.4 cm³/mol. The van der Waals surface area contributed by atoms with Gasteiger partial charge in [0.1, 0.15) is 5.75 Å². The number of benzene rings is 2. The van der Waals surface area contributed by atoms with Crippen LogP contribution in [-0.4, -0.2) is 23.7 Å². The van der Waals surface area contributed by atoms with Crippen molar-refractivity contribution < 1.29 is 14.5 Å². The van der Waals surface area contributed by atoms with Gasteiger partial charge in [-0.25, -0.2) is 5.43 Å². The number of allylic oxidation sites excluding steroid dienone is 1. The van der Waals surface area contributed by atoms with Gasteiger partial charge in [-0.3, -0.25) is 14.9 Å². The molecule has 2 rings (SSSR count). The van der Waals surface area contributed by atoms with Crippen molar-refractivity contribution in [1.29, 1.82) is 0 Å². The Bertz CT molecular complexity index is 798. The lowest BCUT2D eigenvalue weighted by Crippen LogP contribution is -2.24. The first-order chi connectivity index (χ1) is 12.1. The average molecular weight is 339 g/mol. The molecule has 7 heteroatoms. The SMILES string of the molecule is Cc1ccccc1OCC(=O)NN=C/C=C/c1ccc([N+](=O)[O-])cc1. The van der Waals surface area contributed by atoms with Crippen molar-refractivity contribution in [2.75, 3.05) is 6.61 Å². The van der Waals surface area contributed by atoms with Gasteiger partial charge in [0.25, 0.3) is 11.6 Å². The van der Waals surface area contributed by atoms with Crippen LogP contribution in [-0.2, 0) is 4.79 Å². The third kappa shape index (κ3) is 5.91. The van der Waals surface area contributed by atoms with Gasteiger partial charge in [-0.1, -0.05) is 24.3 Å². The fourth-order valence-electron chi connectivity index (χ4n) is 1.91. The topological polar surface area (TPSA) is 93.8 Å². The Morgan fingerprint density at radius 2 is 1.96 bits per heavy atom. The van der Waals surface area contributed by atoms with Gasteiger partial charge < -0.3 is 4.74 Å². The van der Waals surface area contributed by atoms with E-state index in [1.807, 2.05) is 25.1 Å². The third-order valence-electron chi connectivity index (χ3n) is 3.19. The first-order valence-corrected chi connectivity index (χ1v) is 7.48. The highest BCUT2D eigenvalue weighted by Crippen LogP contribution is 2.15. The van der Waals surface area contributed by atoms with Crippen molar-refractivity contribution in [3.63, 3.8) is 0 Å². The van der Waals surface area contributed by atoms with Crippen molar-refractivity contribution in [2.24, 2.45) is 5.10 Å². The van der Waals surface area contributed by atoms with E-state index < -0.39 is 4.92 Å². The Morgan fingerprint density at radius 1 is 1.24 bits per heavy atom. The molecular formula is C18H17N3O4. The van der Waals surface area contributed by atoms with E-state index in [9.17, 15) is 14.9 Å². The van der Waals surface area contributed by atoms with Crippen LogP contribution >= 0.6 is 0 Å². The van der Waals surface area contributed by atoms with Crippen LogP contribution in [0, 0.1) is 17.0 Å². The summed E-state index contributed by atoms with van der Waals surface area (Å²) < 4.78 is 5.40. The summed E-state index contributed by atoms with van der Waals surface area (Å²) in [5.74, 6) is 0.280. The van der Waals surface area contributed by atoms with Crippen LogP contribution in [0.2, 0.25) is 0 Å². The standard InChI is InChI=1S/C18H17N3O4/c1-14-5-2-3-7-17(14)25-13-18(22)20-19-12-4-6-15-8-10-16(11-9-15)21(23)24/h2-12H,13H2,1H3,(H,20,22)/b6-4+,19-12?. The largest absolute Gasteiger partial charge is 0.483 e. The molecule has 2 aromatic carbocycles. The molecule has 128 valence electrons. The number of nitrogens with zero attached hydrogens (tertiary/aromatic N) is 2. The summed E-state index contributed by atoms with van der Waals surface area (Å²) in [6.45, 7) is 1.77. The fourth-order valence-corrected chi connectivity index (χ4v) is 1.91. The minimum atomic E-state index is -0.455. The molecular weight excluding hydrogens is 322 g/mol. The van der Waals surface area contributed by atoms with Gasteiger partial charge in [-0.2, -0.15) is 5.10 Å². The number of para-hydroxylation sites is 1. The fraction of sp³-hybridized carbons (Fsp3) is 0.111. The minimum absolute atomic E-state index is 0.0340. The summed E-state index contributed by atoms with van der Waals surface area (Å²) in [5.41, 5.74) is 4.11.